The molecule has 5 rings (SSSR count). The Labute approximate surface area is 247 Å². The van der Waals surface area contributed by atoms with Crippen molar-refractivity contribution in [3.63, 3.8) is 0 Å². The van der Waals surface area contributed by atoms with Gasteiger partial charge in [-0.15, -0.1) is 0 Å². The van der Waals surface area contributed by atoms with Gasteiger partial charge in [-0.05, 0) is 110 Å². The van der Waals surface area contributed by atoms with Crippen LogP contribution in [0, 0.1) is 52.3 Å². The molecule has 5 heteroatoms. The van der Waals surface area contributed by atoms with Gasteiger partial charge in [0.1, 0.15) is 5.78 Å². The molecule has 40 heavy (non-hydrogen) atoms. The van der Waals surface area contributed by atoms with Crippen molar-refractivity contribution in [3.05, 3.63) is 0 Å². The first-order chi connectivity index (χ1) is 18.5. The molecule has 1 saturated heterocycles. The Hall–Kier alpha value is -0.233. The minimum absolute atomic E-state index is 0.159. The maximum atomic E-state index is 13.9. The molecule has 0 bridgehead atoms. The van der Waals surface area contributed by atoms with Gasteiger partial charge < -0.3 is 13.9 Å². The summed E-state index contributed by atoms with van der Waals surface area (Å²) in [6.07, 6.45) is 12.1. The zero-order valence-electron chi connectivity index (χ0n) is 27.7. The maximum Gasteiger partial charge on any atom is 0.192 e. The van der Waals surface area contributed by atoms with Gasteiger partial charge in [-0.3, -0.25) is 4.79 Å². The fraction of sp³-hybridized carbons (Fsp3) is 0.971. The third-order valence-corrected chi connectivity index (χ3v) is 18.5. The van der Waals surface area contributed by atoms with Crippen LogP contribution in [0.2, 0.25) is 18.1 Å². The third-order valence-electron chi connectivity index (χ3n) is 14.0. The van der Waals surface area contributed by atoms with Crippen molar-refractivity contribution < 1.29 is 18.7 Å². The molecule has 0 aromatic carbocycles. The van der Waals surface area contributed by atoms with Gasteiger partial charge in [0.05, 0.1) is 13.2 Å². The van der Waals surface area contributed by atoms with Crippen LogP contribution in [0.25, 0.3) is 0 Å². The van der Waals surface area contributed by atoms with Crippen LogP contribution < -0.4 is 0 Å². The van der Waals surface area contributed by atoms with Crippen LogP contribution in [0.5, 0.6) is 0 Å². The van der Waals surface area contributed by atoms with Crippen LogP contribution in [0.3, 0.4) is 0 Å². The van der Waals surface area contributed by atoms with Crippen LogP contribution in [0.4, 0.5) is 0 Å². The lowest BCUT2D eigenvalue weighted by atomic mass is 9.44. The van der Waals surface area contributed by atoms with Crippen molar-refractivity contribution in [2.75, 3.05) is 13.2 Å². The number of hydrogen-bond acceptors (Lipinski definition) is 4. The standard InChI is InChI=1S/C35H62O4Si/c1-23(2)35(37-19-20-38-35)18-13-24(3)29-22-30(36)31-27-12-11-25-21-26(39-40(9,10)32(4,5)6)14-16-33(25,7)28(27)15-17-34(29,31)8/h23-29,31H,11-22H2,1-10H3/t24-,25+,26+,27-,28+,29-,31-,33+,34-/m1/s1. The molecule has 4 aliphatic carbocycles. The molecular formula is C35H62O4Si. The Bertz CT molecular complexity index is 932. The summed E-state index contributed by atoms with van der Waals surface area (Å²) >= 11 is 0. The monoisotopic (exact) mass is 574 g/mol. The molecule has 4 saturated carbocycles. The number of ether oxygens (including phenoxy) is 2. The number of hydrogen-bond donors (Lipinski definition) is 0. The Balaban J connectivity index is 1.27. The Kier molecular flexibility index (Phi) is 8.37. The number of carbonyl (C=O) groups excluding carboxylic acids is 1. The largest absolute Gasteiger partial charge is 0.414 e. The van der Waals surface area contributed by atoms with Crippen molar-refractivity contribution in [3.8, 4) is 0 Å². The van der Waals surface area contributed by atoms with Gasteiger partial charge in [0.15, 0.2) is 14.1 Å². The molecule has 1 aliphatic heterocycles. The summed E-state index contributed by atoms with van der Waals surface area (Å²) in [6.45, 7) is 25.3. The van der Waals surface area contributed by atoms with Gasteiger partial charge in [0, 0.05) is 30.8 Å². The van der Waals surface area contributed by atoms with Crippen LogP contribution in [-0.4, -0.2) is 39.2 Å². The van der Waals surface area contributed by atoms with Crippen LogP contribution >= 0.6 is 0 Å². The topological polar surface area (TPSA) is 44.8 Å². The highest BCUT2D eigenvalue weighted by Gasteiger charge is 2.63. The second-order valence-electron chi connectivity index (χ2n) is 17.3. The molecule has 0 N–H and O–H groups in total. The van der Waals surface area contributed by atoms with Gasteiger partial charge in [0.2, 0.25) is 0 Å². The minimum Gasteiger partial charge on any atom is -0.414 e. The molecule has 1 heterocycles. The second-order valence-corrected chi connectivity index (χ2v) is 22.1. The first kappa shape index (κ1) is 31.2. The van der Waals surface area contributed by atoms with Gasteiger partial charge in [-0.1, -0.05) is 55.4 Å². The SMILES string of the molecule is CC(C)C1(CC[C@@H](C)[C@H]2CC(=O)[C@H]3[C@@H]4CC[C@H]5C[C@@H](O[Si](C)(C)C(C)(C)C)CC[C@]5(C)[C@H]4CC[C@]23C)OCCO1. The fourth-order valence-electron chi connectivity index (χ4n) is 10.5. The predicted octanol–water partition coefficient (Wildman–Crippen LogP) is 9.03. The van der Waals surface area contributed by atoms with Crippen molar-refractivity contribution in [1.29, 1.82) is 0 Å². The van der Waals surface area contributed by atoms with Crippen molar-refractivity contribution in [2.24, 2.45) is 52.3 Å². The summed E-state index contributed by atoms with van der Waals surface area (Å²) in [5.41, 5.74) is 0.536. The Morgan fingerprint density at radius 3 is 2.25 bits per heavy atom. The molecule has 5 aliphatic rings. The lowest BCUT2D eigenvalue weighted by molar-refractivity contribution is -0.195. The van der Waals surface area contributed by atoms with Crippen LogP contribution in [0.15, 0.2) is 0 Å². The molecule has 5 fully saturated rings. The van der Waals surface area contributed by atoms with Gasteiger partial charge in [0.25, 0.3) is 0 Å². The molecule has 4 nitrogen and oxygen atoms in total. The average molecular weight is 575 g/mol. The van der Waals surface area contributed by atoms with Crippen LogP contribution in [-0.2, 0) is 18.7 Å². The van der Waals surface area contributed by atoms with E-state index in [4.69, 9.17) is 13.9 Å². The summed E-state index contributed by atoms with van der Waals surface area (Å²) in [5, 5.41) is 0.266. The van der Waals surface area contributed by atoms with Gasteiger partial charge in [-0.2, -0.15) is 0 Å². The third kappa shape index (κ3) is 5.13. The zero-order valence-corrected chi connectivity index (χ0v) is 28.7. The van der Waals surface area contributed by atoms with E-state index in [9.17, 15) is 4.79 Å². The number of carbonyl (C=O) groups is 1. The zero-order chi connectivity index (χ0) is 29.3. The van der Waals surface area contributed by atoms with E-state index >= 15 is 0 Å². The first-order valence-electron chi connectivity index (χ1n) is 17.0. The number of ketones is 1. The van der Waals surface area contributed by atoms with E-state index in [1.54, 1.807) is 0 Å². The van der Waals surface area contributed by atoms with E-state index in [0.717, 1.165) is 25.2 Å². The van der Waals surface area contributed by atoms with E-state index in [1.807, 2.05) is 0 Å². The summed E-state index contributed by atoms with van der Waals surface area (Å²) in [5.74, 6) is 3.87. The highest BCUT2D eigenvalue weighted by molar-refractivity contribution is 6.74. The average Bonchev–Trinajstić information content (AvgIpc) is 3.45. The highest BCUT2D eigenvalue weighted by atomic mass is 28.4. The van der Waals surface area contributed by atoms with Crippen LogP contribution in [0.1, 0.15) is 120 Å². The smallest absolute Gasteiger partial charge is 0.192 e. The summed E-state index contributed by atoms with van der Waals surface area (Å²) in [6, 6.07) is 0. The molecule has 0 radical (unpaired) electrons. The molecular weight excluding hydrogens is 512 g/mol. The lowest BCUT2D eigenvalue weighted by Crippen LogP contribution is -2.56. The van der Waals surface area contributed by atoms with Crippen molar-refractivity contribution >= 4 is 14.1 Å². The molecule has 0 aromatic rings. The van der Waals surface area contributed by atoms with Gasteiger partial charge in [-0.25, -0.2) is 0 Å². The predicted molar refractivity (Wildman–Crippen MR) is 166 cm³/mol. The van der Waals surface area contributed by atoms with Crippen molar-refractivity contribution in [2.45, 2.75) is 150 Å². The summed E-state index contributed by atoms with van der Waals surface area (Å²) in [7, 11) is -1.75. The Morgan fingerprint density at radius 1 is 0.975 bits per heavy atom. The second kappa shape index (κ2) is 10.7. The molecule has 230 valence electrons. The normalized spacial score (nSPS) is 42.4. The number of Topliss-reactive ketones (excluding diaryl/α,β-unsaturated/α-hetero) is 1. The molecule has 0 amide bonds. The molecule has 0 unspecified atom stereocenters. The summed E-state index contributed by atoms with van der Waals surface area (Å²) < 4.78 is 19.3. The van der Waals surface area contributed by atoms with E-state index in [1.165, 1.54) is 44.9 Å². The minimum atomic E-state index is -1.75. The van der Waals surface area contributed by atoms with E-state index in [-0.39, 0.29) is 16.4 Å². The Morgan fingerprint density at radius 2 is 1.62 bits per heavy atom. The quantitative estimate of drug-likeness (QED) is 0.285. The first-order valence-corrected chi connectivity index (χ1v) is 19.9. The fourth-order valence-corrected chi connectivity index (χ4v) is 11.9. The molecule has 0 spiro atoms. The number of rotatable bonds is 7. The van der Waals surface area contributed by atoms with E-state index in [0.29, 0.717) is 60.1 Å². The summed E-state index contributed by atoms with van der Waals surface area (Å²) in [4.78, 5) is 13.9. The van der Waals surface area contributed by atoms with E-state index in [2.05, 4.69) is 68.5 Å². The highest BCUT2D eigenvalue weighted by Crippen LogP contribution is 2.68. The molecule has 9 atom stereocenters. The maximum absolute atomic E-state index is 13.9. The van der Waals surface area contributed by atoms with E-state index < -0.39 is 14.1 Å². The lowest BCUT2D eigenvalue weighted by Gasteiger charge is -2.61. The molecule has 0 aromatic heterocycles. The van der Waals surface area contributed by atoms with Gasteiger partial charge >= 0.3 is 0 Å². The van der Waals surface area contributed by atoms with Crippen molar-refractivity contribution in [1.82, 2.24) is 0 Å². The number of fused-ring (bicyclic) bond motifs is 5.